The Bertz CT molecular complexity index is 571. The number of benzene rings is 1. The van der Waals surface area contributed by atoms with Crippen LogP contribution < -0.4 is 0 Å². The van der Waals surface area contributed by atoms with Gasteiger partial charge in [0.2, 0.25) is 0 Å². The fourth-order valence-electron chi connectivity index (χ4n) is 3.28. The lowest BCUT2D eigenvalue weighted by molar-refractivity contribution is -0.204. The van der Waals surface area contributed by atoms with Crippen LogP contribution in [0.5, 0.6) is 0 Å². The second kappa shape index (κ2) is 5.51. The molecule has 0 saturated carbocycles. The molecule has 1 aromatic rings. The lowest BCUT2D eigenvalue weighted by atomic mass is 10.1. The van der Waals surface area contributed by atoms with Gasteiger partial charge in [0.1, 0.15) is 24.4 Å². The van der Waals surface area contributed by atoms with E-state index in [1.165, 1.54) is 5.56 Å². The first-order valence-corrected chi connectivity index (χ1v) is 7.96. The van der Waals surface area contributed by atoms with Gasteiger partial charge in [-0.05, 0) is 20.8 Å². The van der Waals surface area contributed by atoms with Crippen LogP contribution in [0.2, 0.25) is 0 Å². The summed E-state index contributed by atoms with van der Waals surface area (Å²) in [5, 5.41) is 10.5. The molecule has 6 heteroatoms. The Morgan fingerprint density at radius 3 is 2.39 bits per heavy atom. The Labute approximate surface area is 135 Å². The van der Waals surface area contributed by atoms with Gasteiger partial charge >= 0.3 is 0 Å². The van der Waals surface area contributed by atoms with Crippen molar-refractivity contribution < 1.29 is 28.8 Å². The Morgan fingerprint density at radius 2 is 1.78 bits per heavy atom. The standard InChI is InChI=1S/C17H22O6/c1-9-4-6-10(7-5-9)15-21-14-12(18)13(20-16(14)22-15)11-8-19-17(2,3)23-11/h4-7,11-16,18H,8H2,1-3H3. The van der Waals surface area contributed by atoms with E-state index in [1.54, 1.807) is 0 Å². The highest BCUT2D eigenvalue weighted by Gasteiger charge is 2.56. The molecule has 0 aliphatic carbocycles. The molecule has 3 saturated heterocycles. The molecule has 3 heterocycles. The summed E-state index contributed by atoms with van der Waals surface area (Å²) >= 11 is 0. The van der Waals surface area contributed by atoms with Gasteiger partial charge in [-0.15, -0.1) is 0 Å². The summed E-state index contributed by atoms with van der Waals surface area (Å²) < 4.78 is 28.9. The molecule has 3 aliphatic rings. The van der Waals surface area contributed by atoms with Gasteiger partial charge in [-0.25, -0.2) is 0 Å². The molecule has 3 aliphatic heterocycles. The predicted octanol–water partition coefficient (Wildman–Crippen LogP) is 1.65. The van der Waals surface area contributed by atoms with Crippen LogP contribution in [0.4, 0.5) is 0 Å². The van der Waals surface area contributed by atoms with Crippen molar-refractivity contribution in [1.29, 1.82) is 0 Å². The van der Waals surface area contributed by atoms with Gasteiger partial charge in [-0.2, -0.15) is 0 Å². The number of aryl methyl sites for hydroxylation is 1. The molecule has 0 amide bonds. The topological polar surface area (TPSA) is 66.4 Å². The second-order valence-electron chi connectivity index (χ2n) is 6.81. The zero-order chi connectivity index (χ0) is 16.2. The first-order chi connectivity index (χ1) is 10.9. The van der Waals surface area contributed by atoms with Gasteiger partial charge in [0.25, 0.3) is 0 Å². The van der Waals surface area contributed by atoms with E-state index in [2.05, 4.69) is 0 Å². The number of aliphatic hydroxyl groups excluding tert-OH is 1. The third-order valence-corrected chi connectivity index (χ3v) is 4.52. The third kappa shape index (κ3) is 2.80. The summed E-state index contributed by atoms with van der Waals surface area (Å²) in [7, 11) is 0. The first-order valence-electron chi connectivity index (χ1n) is 7.96. The highest BCUT2D eigenvalue weighted by atomic mass is 16.8. The van der Waals surface area contributed by atoms with Crippen molar-refractivity contribution in [1.82, 2.24) is 0 Å². The third-order valence-electron chi connectivity index (χ3n) is 4.52. The summed E-state index contributed by atoms with van der Waals surface area (Å²) in [6.45, 7) is 6.10. The fourth-order valence-corrected chi connectivity index (χ4v) is 3.28. The maximum absolute atomic E-state index is 10.5. The fraction of sp³-hybridized carbons (Fsp3) is 0.647. The van der Waals surface area contributed by atoms with Crippen LogP contribution in [0.25, 0.3) is 0 Å². The van der Waals surface area contributed by atoms with Gasteiger partial charge in [-0.1, -0.05) is 29.8 Å². The minimum atomic E-state index is -0.807. The smallest absolute Gasteiger partial charge is 0.190 e. The molecule has 0 bridgehead atoms. The first kappa shape index (κ1) is 15.5. The summed E-state index contributed by atoms with van der Waals surface area (Å²) in [4.78, 5) is 0. The molecule has 6 nitrogen and oxygen atoms in total. The molecule has 126 valence electrons. The average Bonchev–Trinajstić information content (AvgIpc) is 3.15. The van der Waals surface area contributed by atoms with Crippen molar-refractivity contribution in [2.24, 2.45) is 0 Å². The Hall–Kier alpha value is -1.02. The van der Waals surface area contributed by atoms with E-state index in [-0.39, 0.29) is 6.10 Å². The molecule has 3 fully saturated rings. The van der Waals surface area contributed by atoms with E-state index in [0.717, 1.165) is 5.56 Å². The van der Waals surface area contributed by atoms with Crippen LogP contribution in [0.3, 0.4) is 0 Å². The summed E-state index contributed by atoms with van der Waals surface area (Å²) in [5.74, 6) is -0.655. The number of aliphatic hydroxyl groups is 1. The zero-order valence-corrected chi connectivity index (χ0v) is 13.5. The highest BCUT2D eigenvalue weighted by Crippen LogP contribution is 2.41. The quantitative estimate of drug-likeness (QED) is 0.893. The summed E-state index contributed by atoms with van der Waals surface area (Å²) in [5.41, 5.74) is 2.09. The van der Waals surface area contributed by atoms with E-state index in [9.17, 15) is 5.11 Å². The minimum Gasteiger partial charge on any atom is -0.387 e. The maximum Gasteiger partial charge on any atom is 0.190 e. The van der Waals surface area contributed by atoms with E-state index >= 15 is 0 Å². The summed E-state index contributed by atoms with van der Waals surface area (Å²) in [6.07, 6.45) is -3.26. The van der Waals surface area contributed by atoms with Crippen molar-refractivity contribution in [2.75, 3.05) is 6.61 Å². The lowest BCUT2D eigenvalue weighted by Crippen LogP contribution is -2.41. The molecule has 6 atom stereocenters. The predicted molar refractivity (Wildman–Crippen MR) is 79.4 cm³/mol. The van der Waals surface area contributed by atoms with Crippen molar-refractivity contribution in [2.45, 2.75) is 63.6 Å². The van der Waals surface area contributed by atoms with Crippen LogP contribution in [0.1, 0.15) is 31.3 Å². The van der Waals surface area contributed by atoms with Gasteiger partial charge < -0.3 is 28.8 Å². The molecule has 6 unspecified atom stereocenters. The van der Waals surface area contributed by atoms with Crippen molar-refractivity contribution >= 4 is 0 Å². The van der Waals surface area contributed by atoms with E-state index < -0.39 is 36.7 Å². The Morgan fingerprint density at radius 1 is 1.04 bits per heavy atom. The van der Waals surface area contributed by atoms with E-state index in [1.807, 2.05) is 45.0 Å². The van der Waals surface area contributed by atoms with Crippen LogP contribution in [-0.2, 0) is 23.7 Å². The molecular weight excluding hydrogens is 300 g/mol. The lowest BCUT2D eigenvalue weighted by Gasteiger charge is -2.24. The van der Waals surface area contributed by atoms with E-state index in [0.29, 0.717) is 6.61 Å². The van der Waals surface area contributed by atoms with Crippen LogP contribution in [0.15, 0.2) is 24.3 Å². The molecular formula is C17H22O6. The molecule has 0 radical (unpaired) electrons. The largest absolute Gasteiger partial charge is 0.387 e. The number of rotatable bonds is 2. The zero-order valence-electron chi connectivity index (χ0n) is 13.5. The average molecular weight is 322 g/mol. The highest BCUT2D eigenvalue weighted by molar-refractivity contribution is 5.23. The van der Waals surface area contributed by atoms with Crippen LogP contribution in [-0.4, -0.2) is 48.2 Å². The van der Waals surface area contributed by atoms with Gasteiger partial charge in [0.05, 0.1) is 6.61 Å². The molecule has 1 N–H and O–H groups in total. The Balaban J connectivity index is 1.43. The maximum atomic E-state index is 10.5. The second-order valence-corrected chi connectivity index (χ2v) is 6.81. The number of hydrogen-bond donors (Lipinski definition) is 1. The molecule has 4 rings (SSSR count). The van der Waals surface area contributed by atoms with Gasteiger partial charge in [-0.3, -0.25) is 0 Å². The van der Waals surface area contributed by atoms with Crippen LogP contribution >= 0.6 is 0 Å². The summed E-state index contributed by atoms with van der Waals surface area (Å²) in [6, 6.07) is 7.92. The van der Waals surface area contributed by atoms with Crippen molar-refractivity contribution in [3.8, 4) is 0 Å². The van der Waals surface area contributed by atoms with Gasteiger partial charge in [0, 0.05) is 5.56 Å². The molecule has 1 aromatic carbocycles. The van der Waals surface area contributed by atoms with Gasteiger partial charge in [0.15, 0.2) is 18.4 Å². The number of hydrogen-bond acceptors (Lipinski definition) is 6. The SMILES string of the molecule is Cc1ccc(C2OC3OC(C4COC(C)(C)O4)C(O)C3O2)cc1. The normalized spacial score (nSPS) is 42.1. The molecule has 0 aromatic heterocycles. The monoisotopic (exact) mass is 322 g/mol. The number of fused-ring (bicyclic) bond motifs is 1. The van der Waals surface area contributed by atoms with Crippen molar-refractivity contribution in [3.63, 3.8) is 0 Å². The van der Waals surface area contributed by atoms with E-state index in [4.69, 9.17) is 23.7 Å². The Kier molecular flexibility index (Phi) is 3.72. The van der Waals surface area contributed by atoms with Crippen molar-refractivity contribution in [3.05, 3.63) is 35.4 Å². The molecule has 0 spiro atoms. The van der Waals surface area contributed by atoms with Crippen LogP contribution in [0, 0.1) is 6.92 Å². The minimum absolute atomic E-state index is 0.323. The molecule has 23 heavy (non-hydrogen) atoms. The number of ether oxygens (including phenoxy) is 5.